The van der Waals surface area contributed by atoms with Crippen molar-refractivity contribution in [2.75, 3.05) is 13.2 Å². The lowest BCUT2D eigenvalue weighted by molar-refractivity contribution is 0.0652. The average Bonchev–Trinajstić information content (AvgIpc) is 2.28. The molecule has 1 atom stereocenters. The zero-order valence-corrected chi connectivity index (χ0v) is 10.5. The van der Waals surface area contributed by atoms with Gasteiger partial charge in [0, 0.05) is 23.7 Å². The van der Waals surface area contributed by atoms with Crippen LogP contribution in [0.25, 0.3) is 0 Å². The quantitative estimate of drug-likeness (QED) is 0.835. The van der Waals surface area contributed by atoms with E-state index < -0.39 is 0 Å². The molecule has 0 amide bonds. The lowest BCUT2D eigenvalue weighted by Crippen LogP contribution is -2.20. The first-order valence-electron chi connectivity index (χ1n) is 5.40. The molecule has 0 aromatic heterocycles. The Kier molecular flexibility index (Phi) is 5.60. The Morgan fingerprint density at radius 1 is 1.44 bits per heavy atom. The molecule has 4 heteroatoms. The Morgan fingerprint density at radius 3 is 2.81 bits per heavy atom. The van der Waals surface area contributed by atoms with E-state index in [9.17, 15) is 0 Å². The molecule has 0 aliphatic heterocycles. The minimum absolute atomic E-state index is 0.00595. The van der Waals surface area contributed by atoms with E-state index in [4.69, 9.17) is 26.8 Å². The maximum absolute atomic E-state index is 5.88. The molecule has 3 nitrogen and oxygen atoms in total. The van der Waals surface area contributed by atoms with E-state index in [-0.39, 0.29) is 6.10 Å². The van der Waals surface area contributed by atoms with Crippen molar-refractivity contribution in [2.45, 2.75) is 26.5 Å². The topological polar surface area (TPSA) is 44.5 Å². The predicted octanol–water partition coefficient (Wildman–Crippen LogP) is 2.60. The lowest BCUT2D eigenvalue weighted by atomic mass is 10.2. The van der Waals surface area contributed by atoms with Crippen LogP contribution in [-0.4, -0.2) is 19.3 Å². The van der Waals surface area contributed by atoms with Crippen LogP contribution >= 0.6 is 11.6 Å². The summed E-state index contributed by atoms with van der Waals surface area (Å²) in [5.74, 6) is 0.777. The molecule has 2 N–H and O–H groups in total. The van der Waals surface area contributed by atoms with Crippen LogP contribution in [0.2, 0.25) is 5.02 Å². The number of rotatable bonds is 6. The van der Waals surface area contributed by atoms with Crippen LogP contribution in [0.1, 0.15) is 19.4 Å². The first-order chi connectivity index (χ1) is 7.67. The van der Waals surface area contributed by atoms with E-state index in [1.165, 1.54) is 0 Å². The van der Waals surface area contributed by atoms with Crippen LogP contribution in [0.4, 0.5) is 0 Å². The molecule has 1 rings (SSSR count). The van der Waals surface area contributed by atoms with E-state index in [2.05, 4.69) is 0 Å². The molecule has 0 spiro atoms. The summed E-state index contributed by atoms with van der Waals surface area (Å²) in [6, 6.07) is 5.46. The van der Waals surface area contributed by atoms with Gasteiger partial charge in [0.25, 0.3) is 0 Å². The highest BCUT2D eigenvalue weighted by molar-refractivity contribution is 6.30. The summed E-state index contributed by atoms with van der Waals surface area (Å²) in [5, 5.41) is 0.672. The molecule has 1 aromatic carbocycles. The van der Waals surface area contributed by atoms with Crippen molar-refractivity contribution in [1.82, 2.24) is 0 Å². The molecule has 0 saturated heterocycles. The molecule has 0 fully saturated rings. The first kappa shape index (κ1) is 13.3. The van der Waals surface area contributed by atoms with Gasteiger partial charge in [0.1, 0.15) is 11.9 Å². The van der Waals surface area contributed by atoms with E-state index in [0.29, 0.717) is 24.8 Å². The van der Waals surface area contributed by atoms with Gasteiger partial charge in [-0.05, 0) is 32.0 Å². The maximum atomic E-state index is 5.88. The highest BCUT2D eigenvalue weighted by Crippen LogP contribution is 2.23. The Labute approximate surface area is 101 Å². The van der Waals surface area contributed by atoms with Gasteiger partial charge in [0.05, 0.1) is 6.61 Å². The molecule has 1 unspecified atom stereocenters. The minimum atomic E-state index is 0.00595. The smallest absolute Gasteiger partial charge is 0.124 e. The Balaban J connectivity index is 2.65. The summed E-state index contributed by atoms with van der Waals surface area (Å²) >= 11 is 5.88. The third-order valence-corrected chi connectivity index (χ3v) is 2.36. The van der Waals surface area contributed by atoms with Crippen LogP contribution in [0.15, 0.2) is 18.2 Å². The van der Waals surface area contributed by atoms with Gasteiger partial charge in [-0.3, -0.25) is 0 Å². The fraction of sp³-hybridized carbons (Fsp3) is 0.500. The molecule has 90 valence electrons. The zero-order chi connectivity index (χ0) is 12.0. The highest BCUT2D eigenvalue weighted by atomic mass is 35.5. The summed E-state index contributed by atoms with van der Waals surface area (Å²) in [6.07, 6.45) is 0.00595. The van der Waals surface area contributed by atoms with Crippen molar-refractivity contribution in [3.05, 3.63) is 28.8 Å². The van der Waals surface area contributed by atoms with Gasteiger partial charge in [-0.15, -0.1) is 0 Å². The summed E-state index contributed by atoms with van der Waals surface area (Å²) < 4.78 is 11.0. The molecule has 0 bridgehead atoms. The molecule has 0 heterocycles. The summed E-state index contributed by atoms with van der Waals surface area (Å²) in [6.45, 7) is 5.60. The fourth-order valence-electron chi connectivity index (χ4n) is 1.36. The predicted molar refractivity (Wildman–Crippen MR) is 65.9 cm³/mol. The van der Waals surface area contributed by atoms with E-state index >= 15 is 0 Å². The zero-order valence-electron chi connectivity index (χ0n) is 9.70. The summed E-state index contributed by atoms with van der Waals surface area (Å²) in [4.78, 5) is 0. The standard InChI is InChI=1S/C12H18ClNO2/c1-3-15-8-9(2)16-12-5-4-11(13)6-10(12)7-14/h4-6,9H,3,7-8,14H2,1-2H3. The van der Waals surface area contributed by atoms with Gasteiger partial charge in [0.15, 0.2) is 0 Å². The molecule has 0 saturated carbocycles. The van der Waals surface area contributed by atoms with Gasteiger partial charge in [-0.2, -0.15) is 0 Å². The molecule has 0 radical (unpaired) electrons. The van der Waals surface area contributed by atoms with Crippen LogP contribution in [-0.2, 0) is 11.3 Å². The van der Waals surface area contributed by atoms with Crippen LogP contribution in [0.5, 0.6) is 5.75 Å². The Bertz CT molecular complexity index is 331. The van der Waals surface area contributed by atoms with E-state index in [1.54, 1.807) is 6.07 Å². The Hall–Kier alpha value is -0.770. The number of halogens is 1. The number of nitrogens with two attached hydrogens (primary N) is 1. The summed E-state index contributed by atoms with van der Waals surface area (Å²) in [5.41, 5.74) is 6.54. The van der Waals surface area contributed by atoms with E-state index in [1.807, 2.05) is 26.0 Å². The second kappa shape index (κ2) is 6.74. The second-order valence-corrected chi connectivity index (χ2v) is 3.98. The summed E-state index contributed by atoms with van der Waals surface area (Å²) in [7, 11) is 0. The number of ether oxygens (including phenoxy) is 2. The molecular formula is C12H18ClNO2. The minimum Gasteiger partial charge on any atom is -0.488 e. The van der Waals surface area contributed by atoms with Gasteiger partial charge in [-0.25, -0.2) is 0 Å². The van der Waals surface area contributed by atoms with Gasteiger partial charge >= 0.3 is 0 Å². The largest absolute Gasteiger partial charge is 0.488 e. The van der Waals surface area contributed by atoms with Crippen molar-refractivity contribution in [2.24, 2.45) is 5.73 Å². The van der Waals surface area contributed by atoms with Crippen LogP contribution in [0, 0.1) is 0 Å². The molecular weight excluding hydrogens is 226 g/mol. The maximum Gasteiger partial charge on any atom is 0.124 e. The second-order valence-electron chi connectivity index (χ2n) is 3.54. The van der Waals surface area contributed by atoms with Crippen molar-refractivity contribution in [3.8, 4) is 5.75 Å². The monoisotopic (exact) mass is 243 g/mol. The number of hydrogen-bond donors (Lipinski definition) is 1. The van der Waals surface area contributed by atoms with Crippen LogP contribution in [0.3, 0.4) is 0 Å². The van der Waals surface area contributed by atoms with Crippen molar-refractivity contribution in [3.63, 3.8) is 0 Å². The fourth-order valence-corrected chi connectivity index (χ4v) is 1.55. The normalized spacial score (nSPS) is 12.5. The van der Waals surface area contributed by atoms with Gasteiger partial charge < -0.3 is 15.2 Å². The molecule has 16 heavy (non-hydrogen) atoms. The van der Waals surface area contributed by atoms with Crippen molar-refractivity contribution in [1.29, 1.82) is 0 Å². The third-order valence-electron chi connectivity index (χ3n) is 2.13. The SMILES string of the molecule is CCOCC(C)Oc1ccc(Cl)cc1CN. The van der Waals surface area contributed by atoms with Crippen LogP contribution < -0.4 is 10.5 Å². The highest BCUT2D eigenvalue weighted by Gasteiger charge is 2.08. The molecule has 1 aromatic rings. The third kappa shape index (κ3) is 4.00. The molecule has 0 aliphatic rings. The van der Waals surface area contributed by atoms with E-state index in [0.717, 1.165) is 11.3 Å². The first-order valence-corrected chi connectivity index (χ1v) is 5.78. The lowest BCUT2D eigenvalue weighted by Gasteiger charge is -2.17. The molecule has 0 aliphatic carbocycles. The average molecular weight is 244 g/mol. The van der Waals surface area contributed by atoms with Crippen molar-refractivity contribution >= 4 is 11.6 Å². The Morgan fingerprint density at radius 2 is 2.19 bits per heavy atom. The number of benzene rings is 1. The van der Waals surface area contributed by atoms with Gasteiger partial charge in [-0.1, -0.05) is 11.6 Å². The van der Waals surface area contributed by atoms with Gasteiger partial charge in [0.2, 0.25) is 0 Å². The number of hydrogen-bond acceptors (Lipinski definition) is 3. The van der Waals surface area contributed by atoms with Crippen molar-refractivity contribution < 1.29 is 9.47 Å².